The average Bonchev–Trinajstić information content (AvgIpc) is 3.10. The summed E-state index contributed by atoms with van der Waals surface area (Å²) in [6.45, 7) is 1.78. The summed E-state index contributed by atoms with van der Waals surface area (Å²) in [6.07, 6.45) is 1.54. The lowest BCUT2D eigenvalue weighted by atomic mass is 10.2. The Labute approximate surface area is 124 Å². The third-order valence-corrected chi connectivity index (χ3v) is 3.70. The molecule has 3 aromatic rings. The molecule has 0 bridgehead atoms. The first-order valence-electron chi connectivity index (χ1n) is 6.20. The van der Waals surface area contributed by atoms with Crippen LogP contribution in [0.5, 0.6) is 0 Å². The SMILES string of the molecule is Cc1ccc(NC(=O)c2csc(-c3ccco3)n2)c(F)c1. The van der Waals surface area contributed by atoms with E-state index in [2.05, 4.69) is 10.3 Å². The number of furan rings is 1. The highest BCUT2D eigenvalue weighted by Gasteiger charge is 2.14. The maximum Gasteiger partial charge on any atom is 0.275 e. The molecule has 6 heteroatoms. The van der Waals surface area contributed by atoms with Gasteiger partial charge in [-0.05, 0) is 36.8 Å². The zero-order valence-electron chi connectivity index (χ0n) is 11.1. The molecule has 2 heterocycles. The summed E-state index contributed by atoms with van der Waals surface area (Å²) in [6, 6.07) is 8.14. The molecule has 0 aliphatic rings. The summed E-state index contributed by atoms with van der Waals surface area (Å²) >= 11 is 1.29. The molecule has 0 fully saturated rings. The minimum atomic E-state index is -0.468. The van der Waals surface area contributed by atoms with E-state index in [1.807, 2.05) is 0 Å². The van der Waals surface area contributed by atoms with E-state index >= 15 is 0 Å². The van der Waals surface area contributed by atoms with Crippen molar-refractivity contribution >= 4 is 22.9 Å². The van der Waals surface area contributed by atoms with Crippen LogP contribution in [0.4, 0.5) is 10.1 Å². The van der Waals surface area contributed by atoms with E-state index in [-0.39, 0.29) is 11.4 Å². The maximum absolute atomic E-state index is 13.7. The van der Waals surface area contributed by atoms with Crippen molar-refractivity contribution in [3.63, 3.8) is 0 Å². The van der Waals surface area contributed by atoms with Gasteiger partial charge in [-0.15, -0.1) is 11.3 Å². The third kappa shape index (κ3) is 2.85. The number of rotatable bonds is 3. The molecular weight excluding hydrogens is 291 g/mol. The van der Waals surface area contributed by atoms with Crippen molar-refractivity contribution in [1.82, 2.24) is 4.98 Å². The van der Waals surface area contributed by atoms with Crippen LogP contribution in [-0.2, 0) is 0 Å². The van der Waals surface area contributed by atoms with Crippen LogP contribution in [0.3, 0.4) is 0 Å². The number of amides is 1. The fraction of sp³-hybridized carbons (Fsp3) is 0.0667. The van der Waals surface area contributed by atoms with Crippen LogP contribution in [0.15, 0.2) is 46.4 Å². The minimum absolute atomic E-state index is 0.137. The van der Waals surface area contributed by atoms with Gasteiger partial charge in [-0.1, -0.05) is 6.07 Å². The van der Waals surface area contributed by atoms with Gasteiger partial charge >= 0.3 is 0 Å². The topological polar surface area (TPSA) is 55.1 Å². The van der Waals surface area contributed by atoms with Gasteiger partial charge in [0.2, 0.25) is 0 Å². The molecule has 1 aromatic carbocycles. The maximum atomic E-state index is 13.7. The summed E-state index contributed by atoms with van der Waals surface area (Å²) in [4.78, 5) is 16.3. The molecule has 0 saturated heterocycles. The van der Waals surface area contributed by atoms with Crippen molar-refractivity contribution in [3.8, 4) is 10.8 Å². The Bertz CT molecular complexity index is 781. The Kier molecular flexibility index (Phi) is 3.53. The Morgan fingerprint density at radius 2 is 2.24 bits per heavy atom. The lowest BCUT2D eigenvalue weighted by Gasteiger charge is -2.05. The molecule has 2 aromatic heterocycles. The fourth-order valence-electron chi connectivity index (χ4n) is 1.80. The molecule has 106 valence electrons. The summed E-state index contributed by atoms with van der Waals surface area (Å²) in [7, 11) is 0. The summed E-state index contributed by atoms with van der Waals surface area (Å²) < 4.78 is 18.9. The molecular formula is C15H11FN2O2S. The lowest BCUT2D eigenvalue weighted by molar-refractivity contribution is 0.102. The molecule has 3 rings (SSSR count). The van der Waals surface area contributed by atoms with Gasteiger partial charge in [0.1, 0.15) is 11.5 Å². The van der Waals surface area contributed by atoms with Gasteiger partial charge in [0.25, 0.3) is 5.91 Å². The van der Waals surface area contributed by atoms with Crippen molar-refractivity contribution in [3.05, 3.63) is 59.0 Å². The first kappa shape index (κ1) is 13.5. The number of benzene rings is 1. The van der Waals surface area contributed by atoms with Crippen molar-refractivity contribution in [2.45, 2.75) is 6.92 Å². The molecule has 0 radical (unpaired) electrons. The molecule has 0 unspecified atom stereocenters. The number of hydrogen-bond acceptors (Lipinski definition) is 4. The minimum Gasteiger partial charge on any atom is -0.462 e. The monoisotopic (exact) mass is 302 g/mol. The molecule has 0 aliphatic carbocycles. The van der Waals surface area contributed by atoms with Crippen LogP contribution in [0.1, 0.15) is 16.1 Å². The summed E-state index contributed by atoms with van der Waals surface area (Å²) in [5.74, 6) is -0.322. The number of aryl methyl sites for hydroxylation is 1. The Hall–Kier alpha value is -2.47. The number of hydrogen-bond donors (Lipinski definition) is 1. The Morgan fingerprint density at radius 3 is 2.95 bits per heavy atom. The number of carbonyl (C=O) groups is 1. The van der Waals surface area contributed by atoms with Crippen LogP contribution in [0.25, 0.3) is 10.8 Å². The zero-order chi connectivity index (χ0) is 14.8. The van der Waals surface area contributed by atoms with Crippen molar-refractivity contribution < 1.29 is 13.6 Å². The van der Waals surface area contributed by atoms with Crippen LogP contribution in [-0.4, -0.2) is 10.9 Å². The van der Waals surface area contributed by atoms with Gasteiger partial charge in [-0.2, -0.15) is 0 Å². The highest BCUT2D eigenvalue weighted by molar-refractivity contribution is 7.13. The lowest BCUT2D eigenvalue weighted by Crippen LogP contribution is -2.13. The number of anilines is 1. The normalized spacial score (nSPS) is 10.6. The number of halogens is 1. The van der Waals surface area contributed by atoms with E-state index in [1.165, 1.54) is 29.7 Å². The summed E-state index contributed by atoms with van der Waals surface area (Å²) in [5, 5.41) is 4.73. The number of thiazole rings is 1. The number of nitrogens with zero attached hydrogens (tertiary/aromatic N) is 1. The van der Waals surface area contributed by atoms with Gasteiger partial charge < -0.3 is 9.73 Å². The molecule has 0 aliphatic heterocycles. The average molecular weight is 302 g/mol. The van der Waals surface area contributed by atoms with Crippen LogP contribution in [0, 0.1) is 12.7 Å². The first-order chi connectivity index (χ1) is 10.1. The molecule has 4 nitrogen and oxygen atoms in total. The largest absolute Gasteiger partial charge is 0.462 e. The number of nitrogens with one attached hydrogen (secondary N) is 1. The molecule has 1 N–H and O–H groups in total. The van der Waals surface area contributed by atoms with Gasteiger partial charge in [0.05, 0.1) is 12.0 Å². The van der Waals surface area contributed by atoms with Crippen LogP contribution < -0.4 is 5.32 Å². The van der Waals surface area contributed by atoms with E-state index in [9.17, 15) is 9.18 Å². The second-order valence-corrected chi connectivity index (χ2v) is 5.31. The zero-order valence-corrected chi connectivity index (χ0v) is 11.9. The predicted octanol–water partition coefficient (Wildman–Crippen LogP) is 4.10. The van der Waals surface area contributed by atoms with Gasteiger partial charge in [0.15, 0.2) is 10.8 Å². The van der Waals surface area contributed by atoms with Gasteiger partial charge in [0, 0.05) is 5.38 Å². The Balaban J connectivity index is 1.79. The van der Waals surface area contributed by atoms with E-state index in [1.54, 1.807) is 30.5 Å². The molecule has 0 atom stereocenters. The molecule has 0 saturated carbocycles. The quantitative estimate of drug-likeness (QED) is 0.792. The van der Waals surface area contributed by atoms with Crippen LogP contribution in [0.2, 0.25) is 0 Å². The number of aromatic nitrogens is 1. The van der Waals surface area contributed by atoms with E-state index in [0.29, 0.717) is 10.8 Å². The van der Waals surface area contributed by atoms with Crippen molar-refractivity contribution in [2.75, 3.05) is 5.32 Å². The highest BCUT2D eigenvalue weighted by Crippen LogP contribution is 2.24. The second kappa shape index (κ2) is 5.49. The van der Waals surface area contributed by atoms with Crippen LogP contribution >= 0.6 is 11.3 Å². The number of carbonyl (C=O) groups excluding carboxylic acids is 1. The molecule has 0 spiro atoms. The Morgan fingerprint density at radius 1 is 1.38 bits per heavy atom. The first-order valence-corrected chi connectivity index (χ1v) is 7.08. The fourth-order valence-corrected chi connectivity index (χ4v) is 2.57. The summed E-state index contributed by atoms with van der Waals surface area (Å²) in [5.41, 5.74) is 1.16. The predicted molar refractivity (Wildman–Crippen MR) is 78.9 cm³/mol. The molecule has 21 heavy (non-hydrogen) atoms. The highest BCUT2D eigenvalue weighted by atomic mass is 32.1. The smallest absolute Gasteiger partial charge is 0.275 e. The van der Waals surface area contributed by atoms with Gasteiger partial charge in [-0.3, -0.25) is 4.79 Å². The van der Waals surface area contributed by atoms with Gasteiger partial charge in [-0.25, -0.2) is 9.37 Å². The van der Waals surface area contributed by atoms with E-state index in [4.69, 9.17) is 4.42 Å². The van der Waals surface area contributed by atoms with Crippen molar-refractivity contribution in [2.24, 2.45) is 0 Å². The van der Waals surface area contributed by atoms with E-state index in [0.717, 1.165) is 5.56 Å². The van der Waals surface area contributed by atoms with E-state index < -0.39 is 11.7 Å². The van der Waals surface area contributed by atoms with Crippen molar-refractivity contribution in [1.29, 1.82) is 0 Å². The second-order valence-electron chi connectivity index (χ2n) is 4.45. The standard InChI is InChI=1S/C15H11FN2O2S/c1-9-4-5-11(10(16)7-9)17-14(19)12-8-21-15(18-12)13-3-2-6-20-13/h2-8H,1H3,(H,17,19). The molecule has 1 amide bonds. The third-order valence-electron chi connectivity index (χ3n) is 2.84.